The lowest BCUT2D eigenvalue weighted by Gasteiger charge is -2.19. The molecule has 0 aliphatic carbocycles. The highest BCUT2D eigenvalue weighted by molar-refractivity contribution is 5.64. The standard InChI is InChI=1S/C19H20FN5O/c1-3-12(4-2)13-6-7-14(15-10-25-16(21)11-24-15)17(20)18(13)26-19-22-8-5-9-23-19/h5-12H,3-4H2,1-2H3,(H2,21,25). The highest BCUT2D eigenvalue weighted by atomic mass is 19.1. The Morgan fingerprint density at radius 2 is 1.77 bits per heavy atom. The molecule has 0 spiro atoms. The number of hydrogen-bond acceptors (Lipinski definition) is 6. The van der Waals surface area contributed by atoms with Crippen LogP contribution in [0.1, 0.15) is 38.2 Å². The topological polar surface area (TPSA) is 86.8 Å². The smallest absolute Gasteiger partial charge is 0.321 e. The van der Waals surface area contributed by atoms with Crippen LogP contribution in [0.2, 0.25) is 0 Å². The van der Waals surface area contributed by atoms with Crippen LogP contribution in [0.25, 0.3) is 11.3 Å². The fourth-order valence-electron chi connectivity index (χ4n) is 2.83. The van der Waals surface area contributed by atoms with Crippen molar-refractivity contribution in [2.45, 2.75) is 32.6 Å². The zero-order valence-electron chi connectivity index (χ0n) is 14.7. The van der Waals surface area contributed by atoms with E-state index < -0.39 is 5.82 Å². The second-order valence-electron chi connectivity index (χ2n) is 5.82. The van der Waals surface area contributed by atoms with Crippen LogP contribution in [0, 0.1) is 5.82 Å². The van der Waals surface area contributed by atoms with Crippen LogP contribution in [0.15, 0.2) is 43.0 Å². The maximum atomic E-state index is 15.4. The summed E-state index contributed by atoms with van der Waals surface area (Å²) >= 11 is 0. The van der Waals surface area contributed by atoms with Gasteiger partial charge in [0, 0.05) is 23.5 Å². The van der Waals surface area contributed by atoms with Gasteiger partial charge in [-0.15, -0.1) is 0 Å². The Morgan fingerprint density at radius 1 is 1.04 bits per heavy atom. The van der Waals surface area contributed by atoms with E-state index in [4.69, 9.17) is 10.5 Å². The molecule has 0 unspecified atom stereocenters. The third kappa shape index (κ3) is 3.61. The van der Waals surface area contributed by atoms with Crippen molar-refractivity contribution in [3.8, 4) is 23.0 Å². The van der Waals surface area contributed by atoms with E-state index in [-0.39, 0.29) is 29.1 Å². The average molecular weight is 353 g/mol. The summed E-state index contributed by atoms with van der Waals surface area (Å²) < 4.78 is 21.1. The Morgan fingerprint density at radius 3 is 2.38 bits per heavy atom. The Bertz CT molecular complexity index is 867. The first-order valence-corrected chi connectivity index (χ1v) is 8.49. The van der Waals surface area contributed by atoms with Gasteiger partial charge >= 0.3 is 6.01 Å². The Kier molecular flexibility index (Phi) is 5.36. The van der Waals surface area contributed by atoms with Crippen LogP contribution in [-0.4, -0.2) is 19.9 Å². The number of anilines is 1. The maximum Gasteiger partial charge on any atom is 0.321 e. The summed E-state index contributed by atoms with van der Waals surface area (Å²) in [6, 6.07) is 5.33. The van der Waals surface area contributed by atoms with Crippen LogP contribution in [0.3, 0.4) is 0 Å². The van der Waals surface area contributed by atoms with Crippen LogP contribution in [0.5, 0.6) is 11.8 Å². The van der Waals surface area contributed by atoms with Crippen molar-refractivity contribution < 1.29 is 9.13 Å². The molecule has 7 heteroatoms. The number of ether oxygens (including phenoxy) is 1. The molecule has 0 bridgehead atoms. The molecule has 0 radical (unpaired) electrons. The minimum Gasteiger partial charge on any atom is -0.421 e. The van der Waals surface area contributed by atoms with Crippen LogP contribution < -0.4 is 10.5 Å². The number of hydrogen-bond donors (Lipinski definition) is 1. The molecule has 0 atom stereocenters. The first kappa shape index (κ1) is 17.7. The summed E-state index contributed by atoms with van der Waals surface area (Å²) in [5.41, 5.74) is 7.02. The largest absolute Gasteiger partial charge is 0.421 e. The number of nitrogens with zero attached hydrogens (tertiary/aromatic N) is 4. The second kappa shape index (κ2) is 7.86. The third-order valence-corrected chi connectivity index (χ3v) is 4.24. The van der Waals surface area contributed by atoms with Gasteiger partial charge in [-0.2, -0.15) is 0 Å². The molecular formula is C19H20FN5O. The van der Waals surface area contributed by atoms with Gasteiger partial charge in [-0.05, 0) is 30.9 Å². The van der Waals surface area contributed by atoms with E-state index in [0.717, 1.165) is 18.4 Å². The lowest BCUT2D eigenvalue weighted by molar-refractivity contribution is 0.400. The average Bonchev–Trinajstić information content (AvgIpc) is 2.67. The molecule has 6 nitrogen and oxygen atoms in total. The van der Waals surface area contributed by atoms with E-state index in [1.165, 1.54) is 12.4 Å². The van der Waals surface area contributed by atoms with E-state index in [1.807, 2.05) is 6.07 Å². The Hall–Kier alpha value is -3.09. The maximum absolute atomic E-state index is 15.4. The van der Waals surface area contributed by atoms with Crippen molar-refractivity contribution in [1.82, 2.24) is 19.9 Å². The van der Waals surface area contributed by atoms with Crippen molar-refractivity contribution in [2.75, 3.05) is 5.73 Å². The summed E-state index contributed by atoms with van der Waals surface area (Å²) in [5.74, 6) is 0.0497. The quantitative estimate of drug-likeness (QED) is 0.709. The van der Waals surface area contributed by atoms with Gasteiger partial charge in [0.1, 0.15) is 5.82 Å². The van der Waals surface area contributed by atoms with Gasteiger partial charge in [-0.1, -0.05) is 19.9 Å². The molecule has 0 saturated heterocycles. The van der Waals surface area contributed by atoms with Gasteiger partial charge in [0.15, 0.2) is 11.6 Å². The zero-order chi connectivity index (χ0) is 18.5. The molecule has 0 amide bonds. The van der Waals surface area contributed by atoms with Gasteiger partial charge in [0.05, 0.1) is 18.1 Å². The van der Waals surface area contributed by atoms with Crippen molar-refractivity contribution >= 4 is 5.82 Å². The Labute approximate surface area is 151 Å². The second-order valence-corrected chi connectivity index (χ2v) is 5.82. The molecule has 0 aliphatic rings. The number of halogens is 1. The molecule has 2 heterocycles. The SMILES string of the molecule is CCC(CC)c1ccc(-c2cnc(N)cn2)c(F)c1Oc1ncccn1. The minimum absolute atomic E-state index is 0.0964. The molecule has 134 valence electrons. The Balaban J connectivity index is 2.12. The van der Waals surface area contributed by atoms with E-state index in [1.54, 1.807) is 24.5 Å². The van der Waals surface area contributed by atoms with Crippen molar-refractivity contribution in [1.29, 1.82) is 0 Å². The predicted octanol–water partition coefficient (Wildman–Crippen LogP) is 4.35. The molecule has 2 N–H and O–H groups in total. The summed E-state index contributed by atoms with van der Waals surface area (Å²) in [4.78, 5) is 16.2. The van der Waals surface area contributed by atoms with E-state index in [0.29, 0.717) is 5.69 Å². The van der Waals surface area contributed by atoms with Gasteiger partial charge < -0.3 is 10.5 Å². The van der Waals surface area contributed by atoms with Crippen LogP contribution in [-0.2, 0) is 0 Å². The summed E-state index contributed by atoms with van der Waals surface area (Å²) in [6.07, 6.45) is 7.66. The number of aromatic nitrogens is 4. The molecule has 0 aliphatic heterocycles. The number of nitrogen functional groups attached to an aromatic ring is 1. The first-order chi connectivity index (χ1) is 12.6. The van der Waals surface area contributed by atoms with Crippen molar-refractivity contribution in [3.63, 3.8) is 0 Å². The number of nitrogens with two attached hydrogens (primary N) is 1. The predicted molar refractivity (Wildman–Crippen MR) is 97.3 cm³/mol. The molecule has 0 saturated carbocycles. The first-order valence-electron chi connectivity index (χ1n) is 8.49. The molecule has 1 aromatic carbocycles. The molecule has 2 aromatic heterocycles. The van der Waals surface area contributed by atoms with E-state index in [2.05, 4.69) is 33.8 Å². The number of rotatable bonds is 6. The third-order valence-electron chi connectivity index (χ3n) is 4.24. The van der Waals surface area contributed by atoms with Gasteiger partial charge in [0.2, 0.25) is 0 Å². The monoisotopic (exact) mass is 353 g/mol. The van der Waals surface area contributed by atoms with Gasteiger partial charge in [0.25, 0.3) is 0 Å². The summed E-state index contributed by atoms with van der Waals surface area (Å²) in [6.45, 7) is 4.13. The molecule has 26 heavy (non-hydrogen) atoms. The fourth-order valence-corrected chi connectivity index (χ4v) is 2.83. The van der Waals surface area contributed by atoms with E-state index in [9.17, 15) is 0 Å². The molecule has 3 aromatic rings. The lowest BCUT2D eigenvalue weighted by atomic mass is 9.91. The van der Waals surface area contributed by atoms with Crippen molar-refractivity contribution in [3.05, 3.63) is 54.4 Å². The summed E-state index contributed by atoms with van der Waals surface area (Å²) in [5, 5.41) is 0. The lowest BCUT2D eigenvalue weighted by Crippen LogP contribution is -2.04. The van der Waals surface area contributed by atoms with Crippen LogP contribution >= 0.6 is 0 Å². The van der Waals surface area contributed by atoms with Gasteiger partial charge in [-0.25, -0.2) is 19.3 Å². The summed E-state index contributed by atoms with van der Waals surface area (Å²) in [7, 11) is 0. The van der Waals surface area contributed by atoms with Crippen molar-refractivity contribution in [2.24, 2.45) is 0 Å². The highest BCUT2D eigenvalue weighted by Crippen LogP contribution is 2.39. The molecular weight excluding hydrogens is 333 g/mol. The van der Waals surface area contributed by atoms with E-state index >= 15 is 4.39 Å². The van der Waals surface area contributed by atoms with Gasteiger partial charge in [-0.3, -0.25) is 4.98 Å². The zero-order valence-corrected chi connectivity index (χ0v) is 14.7. The fraction of sp³-hybridized carbons (Fsp3) is 0.263. The molecule has 0 fully saturated rings. The normalized spacial score (nSPS) is 10.9. The molecule has 3 rings (SSSR count). The number of benzene rings is 1. The highest BCUT2D eigenvalue weighted by Gasteiger charge is 2.22. The van der Waals surface area contributed by atoms with Crippen LogP contribution in [0.4, 0.5) is 10.2 Å². The minimum atomic E-state index is -0.513.